The number of rotatable bonds is 6. The molecule has 0 atom stereocenters. The normalized spacial score (nSPS) is 15.1. The van der Waals surface area contributed by atoms with E-state index in [1.807, 2.05) is 36.4 Å². The van der Waals surface area contributed by atoms with Gasteiger partial charge in [0, 0.05) is 6.54 Å². The molecule has 1 aliphatic rings. The largest absolute Gasteiger partial charge is 0.492 e. The van der Waals surface area contributed by atoms with E-state index < -0.39 is 0 Å². The highest BCUT2D eigenvalue weighted by Crippen LogP contribution is 2.25. The predicted octanol–water partition coefficient (Wildman–Crippen LogP) is 3.32. The van der Waals surface area contributed by atoms with Gasteiger partial charge in [-0.1, -0.05) is 36.4 Å². The van der Waals surface area contributed by atoms with Crippen molar-refractivity contribution in [1.29, 1.82) is 0 Å². The summed E-state index contributed by atoms with van der Waals surface area (Å²) in [4.78, 5) is 2.45. The summed E-state index contributed by atoms with van der Waals surface area (Å²) in [6.45, 7) is 4.23. The van der Waals surface area contributed by atoms with Crippen LogP contribution in [-0.4, -0.2) is 36.2 Å². The lowest BCUT2D eigenvalue weighted by Gasteiger charge is -2.15. The number of aliphatic hydroxyl groups excluding tert-OH is 1. The molecule has 0 spiro atoms. The molecule has 1 N–H and O–H groups in total. The van der Waals surface area contributed by atoms with E-state index in [0.717, 1.165) is 35.6 Å². The molecule has 0 bridgehead atoms. The van der Waals surface area contributed by atoms with E-state index in [4.69, 9.17) is 4.74 Å². The van der Waals surface area contributed by atoms with Crippen LogP contribution in [0.3, 0.4) is 0 Å². The van der Waals surface area contributed by atoms with Gasteiger partial charge in [0.05, 0.1) is 6.61 Å². The van der Waals surface area contributed by atoms with Crippen LogP contribution in [0.15, 0.2) is 48.5 Å². The van der Waals surface area contributed by atoms with Gasteiger partial charge in [-0.3, -0.25) is 4.90 Å². The highest BCUT2D eigenvalue weighted by Gasteiger charge is 2.10. The number of hydrogen-bond donors (Lipinski definition) is 1. The lowest BCUT2D eigenvalue weighted by molar-refractivity contribution is 0.238. The quantitative estimate of drug-likeness (QED) is 0.888. The fraction of sp³-hybridized carbons (Fsp3) is 0.368. The summed E-state index contributed by atoms with van der Waals surface area (Å²) in [5, 5.41) is 9.42. The van der Waals surface area contributed by atoms with E-state index >= 15 is 0 Å². The zero-order valence-corrected chi connectivity index (χ0v) is 12.9. The summed E-state index contributed by atoms with van der Waals surface area (Å²) < 4.78 is 5.82. The Morgan fingerprint density at radius 1 is 0.955 bits per heavy atom. The molecular weight excluding hydrogens is 274 g/mol. The first-order valence-corrected chi connectivity index (χ1v) is 8.01. The monoisotopic (exact) mass is 297 g/mol. The van der Waals surface area contributed by atoms with Crippen molar-refractivity contribution in [1.82, 2.24) is 4.90 Å². The first-order chi connectivity index (χ1) is 10.9. The van der Waals surface area contributed by atoms with Gasteiger partial charge in [-0.15, -0.1) is 0 Å². The van der Waals surface area contributed by atoms with E-state index in [0.29, 0.717) is 0 Å². The second-order valence-electron chi connectivity index (χ2n) is 5.74. The Kier molecular flexibility index (Phi) is 5.09. The number of likely N-dealkylation sites (tertiary alicyclic amines) is 1. The molecule has 0 aromatic heterocycles. The molecule has 3 nitrogen and oxygen atoms in total. The number of aliphatic hydroxyl groups is 1. The Morgan fingerprint density at radius 3 is 2.41 bits per heavy atom. The van der Waals surface area contributed by atoms with Crippen LogP contribution in [0.1, 0.15) is 18.4 Å². The number of nitrogens with zero attached hydrogens (tertiary/aromatic N) is 1. The van der Waals surface area contributed by atoms with E-state index in [9.17, 15) is 5.11 Å². The van der Waals surface area contributed by atoms with E-state index in [2.05, 4.69) is 17.0 Å². The van der Waals surface area contributed by atoms with Gasteiger partial charge in [0.15, 0.2) is 0 Å². The van der Waals surface area contributed by atoms with Crippen LogP contribution in [0.25, 0.3) is 11.1 Å². The average Bonchev–Trinajstić information content (AvgIpc) is 3.09. The maximum absolute atomic E-state index is 9.42. The van der Waals surface area contributed by atoms with Crippen LogP contribution in [0.5, 0.6) is 5.75 Å². The van der Waals surface area contributed by atoms with Crippen molar-refractivity contribution >= 4 is 0 Å². The van der Waals surface area contributed by atoms with Crippen molar-refractivity contribution in [3.8, 4) is 16.9 Å². The predicted molar refractivity (Wildman–Crippen MR) is 89.0 cm³/mol. The molecule has 0 aliphatic carbocycles. The van der Waals surface area contributed by atoms with Gasteiger partial charge in [0.1, 0.15) is 12.4 Å². The van der Waals surface area contributed by atoms with Crippen molar-refractivity contribution in [3.05, 3.63) is 54.1 Å². The van der Waals surface area contributed by atoms with Gasteiger partial charge in [0.2, 0.25) is 0 Å². The van der Waals surface area contributed by atoms with Gasteiger partial charge < -0.3 is 9.84 Å². The molecule has 3 rings (SSSR count). The van der Waals surface area contributed by atoms with Crippen LogP contribution in [0.2, 0.25) is 0 Å². The van der Waals surface area contributed by atoms with Crippen LogP contribution >= 0.6 is 0 Å². The third-order valence-corrected chi connectivity index (χ3v) is 4.23. The molecule has 22 heavy (non-hydrogen) atoms. The molecule has 0 saturated carbocycles. The minimum Gasteiger partial charge on any atom is -0.492 e. The SMILES string of the molecule is OCc1ccccc1-c1ccc(OCCN2CCCC2)cc1. The summed E-state index contributed by atoms with van der Waals surface area (Å²) in [6, 6.07) is 16.1. The average molecular weight is 297 g/mol. The third kappa shape index (κ3) is 3.67. The zero-order valence-electron chi connectivity index (χ0n) is 12.9. The van der Waals surface area contributed by atoms with Crippen molar-refractivity contribution in [3.63, 3.8) is 0 Å². The number of ether oxygens (including phenoxy) is 1. The maximum Gasteiger partial charge on any atom is 0.119 e. The van der Waals surface area contributed by atoms with Crippen LogP contribution in [0.4, 0.5) is 0 Å². The molecule has 116 valence electrons. The molecule has 1 aliphatic heterocycles. The van der Waals surface area contributed by atoms with Crippen molar-refractivity contribution in [2.75, 3.05) is 26.2 Å². The van der Waals surface area contributed by atoms with Crippen LogP contribution < -0.4 is 4.74 Å². The third-order valence-electron chi connectivity index (χ3n) is 4.23. The minimum atomic E-state index is 0.0598. The smallest absolute Gasteiger partial charge is 0.119 e. The molecule has 0 unspecified atom stereocenters. The molecule has 0 amide bonds. The van der Waals surface area contributed by atoms with E-state index in [-0.39, 0.29) is 6.61 Å². The first kappa shape index (κ1) is 15.1. The van der Waals surface area contributed by atoms with Gasteiger partial charge in [0.25, 0.3) is 0 Å². The Hall–Kier alpha value is -1.84. The summed E-state index contributed by atoms with van der Waals surface area (Å²) >= 11 is 0. The lowest BCUT2D eigenvalue weighted by atomic mass is 10.0. The fourth-order valence-corrected chi connectivity index (χ4v) is 2.97. The van der Waals surface area contributed by atoms with E-state index in [1.54, 1.807) is 0 Å². The fourth-order valence-electron chi connectivity index (χ4n) is 2.97. The molecular formula is C19H23NO2. The lowest BCUT2D eigenvalue weighted by Crippen LogP contribution is -2.25. The molecule has 2 aromatic carbocycles. The highest BCUT2D eigenvalue weighted by atomic mass is 16.5. The van der Waals surface area contributed by atoms with E-state index in [1.165, 1.54) is 25.9 Å². The zero-order chi connectivity index (χ0) is 15.2. The topological polar surface area (TPSA) is 32.7 Å². The molecule has 2 aromatic rings. The van der Waals surface area contributed by atoms with Gasteiger partial charge >= 0.3 is 0 Å². The Balaban J connectivity index is 1.60. The van der Waals surface area contributed by atoms with Crippen molar-refractivity contribution in [2.24, 2.45) is 0 Å². The summed E-state index contributed by atoms with van der Waals surface area (Å²) in [5.74, 6) is 0.907. The molecule has 3 heteroatoms. The molecule has 1 saturated heterocycles. The second-order valence-corrected chi connectivity index (χ2v) is 5.74. The second kappa shape index (κ2) is 7.43. The van der Waals surface area contributed by atoms with Crippen molar-refractivity contribution in [2.45, 2.75) is 19.4 Å². The standard InChI is InChI=1S/C19H23NO2/c21-15-17-5-1-2-6-19(17)16-7-9-18(10-8-16)22-14-13-20-11-3-4-12-20/h1-2,5-10,21H,3-4,11-15H2. The molecule has 0 radical (unpaired) electrons. The van der Waals surface area contributed by atoms with Crippen LogP contribution in [-0.2, 0) is 6.61 Å². The summed E-state index contributed by atoms with van der Waals surface area (Å²) in [5.41, 5.74) is 3.13. The molecule has 1 heterocycles. The summed E-state index contributed by atoms with van der Waals surface area (Å²) in [6.07, 6.45) is 2.64. The number of benzene rings is 2. The van der Waals surface area contributed by atoms with Gasteiger partial charge in [-0.05, 0) is 54.8 Å². The Morgan fingerprint density at radius 2 is 1.68 bits per heavy atom. The minimum absolute atomic E-state index is 0.0598. The maximum atomic E-state index is 9.42. The summed E-state index contributed by atoms with van der Waals surface area (Å²) in [7, 11) is 0. The highest BCUT2D eigenvalue weighted by molar-refractivity contribution is 5.67. The van der Waals surface area contributed by atoms with Gasteiger partial charge in [-0.25, -0.2) is 0 Å². The van der Waals surface area contributed by atoms with Crippen LogP contribution in [0, 0.1) is 0 Å². The van der Waals surface area contributed by atoms with Gasteiger partial charge in [-0.2, -0.15) is 0 Å². The van der Waals surface area contributed by atoms with Crippen molar-refractivity contribution < 1.29 is 9.84 Å². The molecule has 1 fully saturated rings. The Bertz CT molecular complexity index is 589. The number of hydrogen-bond acceptors (Lipinski definition) is 3. The first-order valence-electron chi connectivity index (χ1n) is 8.01. The Labute approximate surface area is 132 Å².